The number of amides is 1. The van der Waals surface area contributed by atoms with E-state index in [1.165, 1.54) is 16.8 Å². The van der Waals surface area contributed by atoms with Gasteiger partial charge < -0.3 is 20.3 Å². The third-order valence-corrected chi connectivity index (χ3v) is 6.63. The van der Waals surface area contributed by atoms with Gasteiger partial charge in [-0.3, -0.25) is 14.5 Å². The van der Waals surface area contributed by atoms with Crippen LogP contribution < -0.4 is 10.2 Å². The molecule has 0 unspecified atom stereocenters. The first kappa shape index (κ1) is 22.9. The number of benzene rings is 2. The minimum atomic E-state index is -0.853. The molecule has 7 nitrogen and oxygen atoms in total. The lowest BCUT2D eigenvalue weighted by Gasteiger charge is -2.39. The van der Waals surface area contributed by atoms with Crippen LogP contribution in [-0.4, -0.2) is 53.0 Å². The first-order chi connectivity index (χ1) is 15.8. The largest absolute Gasteiger partial charge is 0.480 e. The number of piperazine rings is 1. The van der Waals surface area contributed by atoms with Crippen molar-refractivity contribution in [1.29, 1.82) is 0 Å². The molecular formula is C26H32N4O3. The molecule has 1 atom stereocenters. The molecule has 0 aliphatic carbocycles. The van der Waals surface area contributed by atoms with Crippen molar-refractivity contribution in [2.45, 2.75) is 33.7 Å². The minimum absolute atomic E-state index is 0.0498. The van der Waals surface area contributed by atoms with Crippen molar-refractivity contribution in [3.05, 3.63) is 59.3 Å². The van der Waals surface area contributed by atoms with Crippen LogP contribution in [0.25, 0.3) is 10.9 Å². The number of hydrogen-bond acceptors (Lipinski definition) is 4. The van der Waals surface area contributed by atoms with E-state index in [0.29, 0.717) is 18.8 Å². The molecule has 7 heteroatoms. The average Bonchev–Trinajstić information content (AvgIpc) is 3.19. The van der Waals surface area contributed by atoms with E-state index in [0.717, 1.165) is 29.6 Å². The van der Waals surface area contributed by atoms with Gasteiger partial charge in [-0.2, -0.15) is 0 Å². The summed E-state index contributed by atoms with van der Waals surface area (Å²) in [6, 6.07) is 11.2. The molecule has 174 valence electrons. The van der Waals surface area contributed by atoms with Crippen LogP contribution in [0, 0.1) is 19.8 Å². The number of aryl methyl sites for hydroxylation is 1. The number of rotatable bonds is 6. The molecular weight excluding hydrogens is 416 g/mol. The Morgan fingerprint density at radius 1 is 1.06 bits per heavy atom. The van der Waals surface area contributed by atoms with E-state index < -0.39 is 12.0 Å². The minimum Gasteiger partial charge on any atom is -0.480 e. The molecule has 3 N–H and O–H groups in total. The van der Waals surface area contributed by atoms with Crippen LogP contribution >= 0.6 is 0 Å². The highest BCUT2D eigenvalue weighted by Crippen LogP contribution is 2.32. The molecule has 4 rings (SSSR count). The number of H-pyrrole nitrogens is 1. The maximum atomic E-state index is 12.4. The molecule has 0 spiro atoms. The predicted molar refractivity (Wildman–Crippen MR) is 132 cm³/mol. The van der Waals surface area contributed by atoms with E-state index in [1.54, 1.807) is 6.20 Å². The van der Waals surface area contributed by atoms with Crippen molar-refractivity contribution in [1.82, 2.24) is 9.88 Å². The Kier molecular flexibility index (Phi) is 6.42. The van der Waals surface area contributed by atoms with Gasteiger partial charge in [-0.05, 0) is 43.2 Å². The van der Waals surface area contributed by atoms with Crippen molar-refractivity contribution in [3.63, 3.8) is 0 Å². The number of nitrogens with one attached hydrogen (secondary N) is 2. The van der Waals surface area contributed by atoms with Gasteiger partial charge in [0.05, 0.1) is 0 Å². The summed E-state index contributed by atoms with van der Waals surface area (Å²) in [7, 11) is 0. The van der Waals surface area contributed by atoms with Crippen molar-refractivity contribution < 1.29 is 14.7 Å². The van der Waals surface area contributed by atoms with Gasteiger partial charge in [-0.15, -0.1) is 0 Å². The zero-order valence-corrected chi connectivity index (χ0v) is 19.7. The van der Waals surface area contributed by atoms with Crippen molar-refractivity contribution >= 4 is 34.2 Å². The highest BCUT2D eigenvalue weighted by Gasteiger charge is 2.32. The fraction of sp³-hybridized carbons (Fsp3) is 0.385. The molecule has 1 aromatic heterocycles. The first-order valence-electron chi connectivity index (χ1n) is 11.5. The molecule has 1 fully saturated rings. The maximum absolute atomic E-state index is 12.4. The molecule has 0 bridgehead atoms. The van der Waals surface area contributed by atoms with E-state index in [1.807, 2.05) is 36.9 Å². The number of carbonyl (C=O) groups excluding carboxylic acids is 1. The van der Waals surface area contributed by atoms with E-state index in [2.05, 4.69) is 47.2 Å². The summed E-state index contributed by atoms with van der Waals surface area (Å²) in [6.07, 6.45) is 1.79. The molecule has 33 heavy (non-hydrogen) atoms. The van der Waals surface area contributed by atoms with E-state index in [4.69, 9.17) is 0 Å². The SMILES string of the molecule is Cc1cccc(N2CCN([C@H](C(=O)O)c3c[nH]c4cc(NC(=O)C(C)C)ccc34)CC2)c1C. The van der Waals surface area contributed by atoms with Gasteiger partial charge in [0.15, 0.2) is 0 Å². The zero-order valence-electron chi connectivity index (χ0n) is 19.7. The zero-order chi connectivity index (χ0) is 23.7. The molecule has 1 saturated heterocycles. The van der Waals surface area contributed by atoms with E-state index in [-0.39, 0.29) is 11.8 Å². The fourth-order valence-electron chi connectivity index (χ4n) is 4.52. The second-order valence-corrected chi connectivity index (χ2v) is 9.13. The van der Waals surface area contributed by atoms with Gasteiger partial charge >= 0.3 is 5.97 Å². The number of aromatic amines is 1. The molecule has 2 heterocycles. The predicted octanol–water partition coefficient (Wildman–Crippen LogP) is 4.33. The Morgan fingerprint density at radius 2 is 1.79 bits per heavy atom. The summed E-state index contributed by atoms with van der Waals surface area (Å²) in [5, 5.41) is 13.9. The van der Waals surface area contributed by atoms with Crippen LogP contribution in [0.2, 0.25) is 0 Å². The monoisotopic (exact) mass is 448 g/mol. The van der Waals surface area contributed by atoms with Crippen LogP contribution in [0.3, 0.4) is 0 Å². The summed E-state index contributed by atoms with van der Waals surface area (Å²) < 4.78 is 0. The topological polar surface area (TPSA) is 88.7 Å². The Balaban J connectivity index is 1.54. The summed E-state index contributed by atoms with van der Waals surface area (Å²) >= 11 is 0. The molecule has 1 aliphatic heterocycles. The van der Waals surface area contributed by atoms with E-state index in [9.17, 15) is 14.7 Å². The van der Waals surface area contributed by atoms with Crippen molar-refractivity contribution in [3.8, 4) is 0 Å². The second-order valence-electron chi connectivity index (χ2n) is 9.13. The summed E-state index contributed by atoms with van der Waals surface area (Å²) in [5.41, 5.74) is 6.03. The Labute approximate surface area is 194 Å². The molecule has 2 aromatic carbocycles. The van der Waals surface area contributed by atoms with Gasteiger partial charge in [-0.1, -0.05) is 32.0 Å². The Morgan fingerprint density at radius 3 is 2.45 bits per heavy atom. The van der Waals surface area contributed by atoms with Crippen LogP contribution in [-0.2, 0) is 9.59 Å². The summed E-state index contributed by atoms with van der Waals surface area (Å²) in [5.74, 6) is -1.02. The summed E-state index contributed by atoms with van der Waals surface area (Å²) in [4.78, 5) is 32.0. The summed E-state index contributed by atoms with van der Waals surface area (Å²) in [6.45, 7) is 10.8. The third kappa shape index (κ3) is 4.59. The van der Waals surface area contributed by atoms with Gasteiger partial charge in [0.1, 0.15) is 6.04 Å². The Hall–Kier alpha value is -3.32. The number of carboxylic acids is 1. The number of nitrogens with zero attached hydrogens (tertiary/aromatic N) is 2. The van der Waals surface area contributed by atoms with Crippen LogP contribution in [0.1, 0.15) is 36.6 Å². The number of hydrogen-bond donors (Lipinski definition) is 3. The highest BCUT2D eigenvalue weighted by molar-refractivity contribution is 5.96. The third-order valence-electron chi connectivity index (χ3n) is 6.63. The van der Waals surface area contributed by atoms with Crippen molar-refractivity contribution in [2.75, 3.05) is 36.4 Å². The number of aromatic nitrogens is 1. The number of fused-ring (bicyclic) bond motifs is 1. The normalized spacial score (nSPS) is 15.7. The quantitative estimate of drug-likeness (QED) is 0.522. The number of anilines is 2. The fourth-order valence-corrected chi connectivity index (χ4v) is 4.52. The number of aliphatic carboxylic acids is 1. The Bertz CT molecular complexity index is 1180. The standard InChI is InChI=1S/C26H32N4O3/c1-16(2)25(31)28-19-8-9-20-21(15-27-22(20)14-19)24(26(32)33)30-12-10-29(11-13-30)23-7-5-6-17(3)18(23)4/h5-9,14-16,24,27H,10-13H2,1-4H3,(H,28,31)(H,32,33)/t24-/m0/s1. The number of carbonyl (C=O) groups is 2. The first-order valence-corrected chi connectivity index (χ1v) is 11.5. The van der Waals surface area contributed by atoms with Gasteiger partial charge in [0.25, 0.3) is 0 Å². The molecule has 1 aliphatic rings. The molecule has 0 radical (unpaired) electrons. The van der Waals surface area contributed by atoms with Gasteiger partial charge in [0, 0.05) is 66.1 Å². The van der Waals surface area contributed by atoms with Gasteiger partial charge in [0.2, 0.25) is 5.91 Å². The second kappa shape index (κ2) is 9.27. The van der Waals surface area contributed by atoms with Gasteiger partial charge in [-0.25, -0.2) is 0 Å². The maximum Gasteiger partial charge on any atom is 0.325 e. The molecule has 0 saturated carbocycles. The molecule has 1 amide bonds. The highest BCUT2D eigenvalue weighted by atomic mass is 16.4. The lowest BCUT2D eigenvalue weighted by molar-refractivity contribution is -0.143. The van der Waals surface area contributed by atoms with Crippen LogP contribution in [0.5, 0.6) is 0 Å². The van der Waals surface area contributed by atoms with Crippen LogP contribution in [0.4, 0.5) is 11.4 Å². The van der Waals surface area contributed by atoms with Crippen LogP contribution in [0.15, 0.2) is 42.6 Å². The van der Waals surface area contributed by atoms with E-state index >= 15 is 0 Å². The lowest BCUT2D eigenvalue weighted by Crippen LogP contribution is -2.49. The van der Waals surface area contributed by atoms with Crippen molar-refractivity contribution in [2.24, 2.45) is 5.92 Å². The smallest absolute Gasteiger partial charge is 0.325 e. The lowest BCUT2D eigenvalue weighted by atomic mass is 10.0. The average molecular weight is 449 g/mol. The number of carboxylic acid groups (broad SMARTS) is 1. The molecule has 3 aromatic rings.